The molecule has 1 aromatic rings. The van der Waals surface area contributed by atoms with Gasteiger partial charge in [-0.25, -0.2) is 4.79 Å². The van der Waals surface area contributed by atoms with Gasteiger partial charge in [-0.3, -0.25) is 9.48 Å². The summed E-state index contributed by atoms with van der Waals surface area (Å²) in [4.78, 5) is 23.3. The predicted molar refractivity (Wildman–Crippen MR) is 71.0 cm³/mol. The van der Waals surface area contributed by atoms with Crippen molar-refractivity contribution in [3.63, 3.8) is 0 Å². The van der Waals surface area contributed by atoms with Crippen molar-refractivity contribution >= 4 is 11.9 Å². The number of nitrogens with one attached hydrogen (secondary N) is 1. The molecule has 1 aromatic heterocycles. The summed E-state index contributed by atoms with van der Waals surface area (Å²) in [6.45, 7) is 7.95. The number of carboxylic acid groups (broad SMARTS) is 1. The molecule has 2 unspecified atom stereocenters. The molecule has 2 N–H and O–H groups in total. The molecule has 1 heterocycles. The van der Waals surface area contributed by atoms with Gasteiger partial charge in [0, 0.05) is 6.54 Å². The van der Waals surface area contributed by atoms with E-state index in [0.29, 0.717) is 18.7 Å². The molecule has 0 saturated heterocycles. The molecule has 6 heteroatoms. The van der Waals surface area contributed by atoms with Crippen molar-refractivity contribution in [1.82, 2.24) is 15.1 Å². The maximum absolute atomic E-state index is 12.1. The van der Waals surface area contributed by atoms with Gasteiger partial charge in [0.15, 0.2) is 0 Å². The van der Waals surface area contributed by atoms with Gasteiger partial charge < -0.3 is 10.4 Å². The molecule has 0 aliphatic rings. The molecule has 0 spiro atoms. The van der Waals surface area contributed by atoms with Crippen LogP contribution in [-0.4, -0.2) is 32.8 Å². The first-order valence-electron chi connectivity index (χ1n) is 6.48. The van der Waals surface area contributed by atoms with Gasteiger partial charge in [-0.1, -0.05) is 20.3 Å². The number of carbonyl (C=O) groups is 2. The lowest BCUT2D eigenvalue weighted by atomic mass is 9.99. The Balaban J connectivity index is 2.90. The first-order chi connectivity index (χ1) is 8.90. The monoisotopic (exact) mass is 267 g/mol. The first-order valence-corrected chi connectivity index (χ1v) is 6.48. The highest BCUT2D eigenvalue weighted by atomic mass is 16.4. The average Bonchev–Trinajstić information content (AvgIpc) is 2.75. The summed E-state index contributed by atoms with van der Waals surface area (Å²) in [5, 5.41) is 15.9. The van der Waals surface area contributed by atoms with Crippen LogP contribution in [0.1, 0.15) is 43.4 Å². The summed E-state index contributed by atoms with van der Waals surface area (Å²) < 4.78 is 1.57. The van der Waals surface area contributed by atoms with Crippen LogP contribution in [0.2, 0.25) is 0 Å². The Morgan fingerprint density at radius 3 is 2.58 bits per heavy atom. The molecule has 0 bridgehead atoms. The third-order valence-electron chi connectivity index (χ3n) is 3.20. The number of aryl methyl sites for hydroxylation is 2. The average molecular weight is 267 g/mol. The van der Waals surface area contributed by atoms with Crippen molar-refractivity contribution in [2.75, 3.05) is 0 Å². The number of aliphatic carboxylic acids is 1. The number of hydrogen-bond donors (Lipinski definition) is 2. The van der Waals surface area contributed by atoms with E-state index in [-0.39, 0.29) is 5.92 Å². The Labute approximate surface area is 112 Å². The number of carbonyl (C=O) groups excluding carboxylic acids is 1. The number of rotatable bonds is 6. The predicted octanol–water partition coefficient (Wildman–Crippen LogP) is 1.44. The fourth-order valence-corrected chi connectivity index (χ4v) is 1.87. The highest BCUT2D eigenvalue weighted by Gasteiger charge is 2.26. The smallest absolute Gasteiger partial charge is 0.326 e. The molecule has 1 amide bonds. The Hall–Kier alpha value is -1.85. The molecule has 0 aliphatic heterocycles. The minimum absolute atomic E-state index is 0.124. The quantitative estimate of drug-likeness (QED) is 0.816. The number of hydrogen-bond acceptors (Lipinski definition) is 3. The Bertz CT molecular complexity index is 468. The number of aromatic nitrogens is 2. The topological polar surface area (TPSA) is 84.2 Å². The van der Waals surface area contributed by atoms with Gasteiger partial charge in [0.1, 0.15) is 11.7 Å². The van der Waals surface area contributed by atoms with Crippen LogP contribution >= 0.6 is 0 Å². The fraction of sp³-hybridized carbons (Fsp3) is 0.615. The first kappa shape index (κ1) is 15.2. The summed E-state index contributed by atoms with van der Waals surface area (Å²) in [7, 11) is 0. The maximum Gasteiger partial charge on any atom is 0.326 e. The van der Waals surface area contributed by atoms with Gasteiger partial charge in [-0.15, -0.1) is 0 Å². The van der Waals surface area contributed by atoms with Crippen molar-refractivity contribution in [2.24, 2.45) is 5.92 Å². The van der Waals surface area contributed by atoms with E-state index in [9.17, 15) is 9.59 Å². The Morgan fingerprint density at radius 2 is 2.11 bits per heavy atom. The zero-order chi connectivity index (χ0) is 14.6. The van der Waals surface area contributed by atoms with E-state index >= 15 is 0 Å². The van der Waals surface area contributed by atoms with Crippen LogP contribution in [0.25, 0.3) is 0 Å². The molecule has 0 aliphatic carbocycles. The molecule has 0 fully saturated rings. The molecule has 0 radical (unpaired) electrons. The molecule has 0 saturated carbocycles. The van der Waals surface area contributed by atoms with E-state index in [4.69, 9.17) is 5.11 Å². The summed E-state index contributed by atoms with van der Waals surface area (Å²) in [6.07, 6.45) is 0.684. The van der Waals surface area contributed by atoms with Gasteiger partial charge in [0.25, 0.3) is 5.91 Å². The Kier molecular flexibility index (Phi) is 5.09. The standard InChI is InChI=1S/C13H21N3O3/c1-5-8(3)11(13(18)19)14-12(17)10-7-9(4)15-16(10)6-2/h7-8,11H,5-6H2,1-4H3,(H,14,17)(H,18,19). The van der Waals surface area contributed by atoms with Gasteiger partial charge in [-0.05, 0) is 25.8 Å². The molecule has 2 atom stereocenters. The van der Waals surface area contributed by atoms with E-state index < -0.39 is 17.9 Å². The largest absolute Gasteiger partial charge is 0.480 e. The van der Waals surface area contributed by atoms with E-state index in [1.54, 1.807) is 24.6 Å². The zero-order valence-electron chi connectivity index (χ0n) is 11.8. The molecule has 0 aromatic carbocycles. The lowest BCUT2D eigenvalue weighted by molar-refractivity contribution is -0.140. The van der Waals surface area contributed by atoms with E-state index in [1.807, 2.05) is 13.8 Å². The number of carboxylic acids is 1. The Morgan fingerprint density at radius 1 is 1.47 bits per heavy atom. The molecular formula is C13H21N3O3. The molecule has 6 nitrogen and oxygen atoms in total. The summed E-state index contributed by atoms with van der Waals surface area (Å²) >= 11 is 0. The zero-order valence-corrected chi connectivity index (χ0v) is 11.8. The van der Waals surface area contributed by atoms with E-state index in [2.05, 4.69) is 10.4 Å². The third-order valence-corrected chi connectivity index (χ3v) is 3.20. The van der Waals surface area contributed by atoms with Crippen molar-refractivity contribution in [3.05, 3.63) is 17.5 Å². The van der Waals surface area contributed by atoms with Crippen LogP contribution in [-0.2, 0) is 11.3 Å². The molecule has 106 valence electrons. The SMILES string of the molecule is CCC(C)C(NC(=O)c1cc(C)nn1CC)C(=O)O. The number of amides is 1. The minimum atomic E-state index is -1.01. The van der Waals surface area contributed by atoms with Crippen LogP contribution in [0.15, 0.2) is 6.07 Å². The lowest BCUT2D eigenvalue weighted by Crippen LogP contribution is -2.45. The van der Waals surface area contributed by atoms with Crippen LogP contribution in [0.5, 0.6) is 0 Å². The van der Waals surface area contributed by atoms with Crippen molar-refractivity contribution in [3.8, 4) is 0 Å². The third kappa shape index (κ3) is 3.56. The maximum atomic E-state index is 12.1. The molecular weight excluding hydrogens is 246 g/mol. The van der Waals surface area contributed by atoms with Crippen molar-refractivity contribution < 1.29 is 14.7 Å². The van der Waals surface area contributed by atoms with Crippen LogP contribution in [0, 0.1) is 12.8 Å². The normalized spacial score (nSPS) is 13.9. The summed E-state index contributed by atoms with van der Waals surface area (Å²) in [5.41, 5.74) is 1.14. The highest BCUT2D eigenvalue weighted by Crippen LogP contribution is 2.10. The second-order valence-corrected chi connectivity index (χ2v) is 4.66. The van der Waals surface area contributed by atoms with Gasteiger partial charge >= 0.3 is 5.97 Å². The van der Waals surface area contributed by atoms with Crippen LogP contribution < -0.4 is 5.32 Å². The van der Waals surface area contributed by atoms with Gasteiger partial charge in [0.05, 0.1) is 5.69 Å². The van der Waals surface area contributed by atoms with Crippen LogP contribution in [0.3, 0.4) is 0 Å². The molecule has 19 heavy (non-hydrogen) atoms. The lowest BCUT2D eigenvalue weighted by Gasteiger charge is -2.20. The summed E-state index contributed by atoms with van der Waals surface area (Å²) in [5.74, 6) is -1.53. The van der Waals surface area contributed by atoms with Gasteiger partial charge in [-0.2, -0.15) is 5.10 Å². The second-order valence-electron chi connectivity index (χ2n) is 4.66. The minimum Gasteiger partial charge on any atom is -0.480 e. The second kappa shape index (κ2) is 6.36. The van der Waals surface area contributed by atoms with Crippen LogP contribution in [0.4, 0.5) is 0 Å². The van der Waals surface area contributed by atoms with Crippen molar-refractivity contribution in [1.29, 1.82) is 0 Å². The fourth-order valence-electron chi connectivity index (χ4n) is 1.87. The van der Waals surface area contributed by atoms with E-state index in [1.165, 1.54) is 0 Å². The van der Waals surface area contributed by atoms with E-state index in [0.717, 1.165) is 5.69 Å². The number of nitrogens with zero attached hydrogens (tertiary/aromatic N) is 2. The summed E-state index contributed by atoms with van der Waals surface area (Å²) in [6, 6.07) is 0.784. The van der Waals surface area contributed by atoms with Crippen molar-refractivity contribution in [2.45, 2.75) is 46.7 Å². The van der Waals surface area contributed by atoms with Gasteiger partial charge in [0.2, 0.25) is 0 Å². The molecule has 1 rings (SSSR count). The highest BCUT2D eigenvalue weighted by molar-refractivity contribution is 5.95.